The van der Waals surface area contributed by atoms with Gasteiger partial charge in [0.15, 0.2) is 5.82 Å². The summed E-state index contributed by atoms with van der Waals surface area (Å²) < 4.78 is 2.07. The third-order valence-corrected chi connectivity index (χ3v) is 5.76. The maximum Gasteiger partial charge on any atom is 0.205 e. The van der Waals surface area contributed by atoms with Gasteiger partial charge in [0.2, 0.25) is 5.82 Å². The molecule has 8 heteroatoms. The van der Waals surface area contributed by atoms with Crippen molar-refractivity contribution in [2.45, 2.75) is 58.4 Å². The van der Waals surface area contributed by atoms with Gasteiger partial charge in [0.05, 0.1) is 6.54 Å². The number of unbranched alkanes of at least 4 members (excludes halogenated alkanes) is 3. The molecule has 33 heavy (non-hydrogen) atoms. The number of benzene rings is 2. The second kappa shape index (κ2) is 11.5. The molecule has 0 atom stereocenters. The number of hydrogen-bond donors (Lipinski definition) is 2. The van der Waals surface area contributed by atoms with Gasteiger partial charge in [-0.1, -0.05) is 74.7 Å². The van der Waals surface area contributed by atoms with Crippen molar-refractivity contribution in [3.63, 3.8) is 0 Å². The Morgan fingerprint density at radius 3 is 2.45 bits per heavy atom. The predicted octanol–water partition coefficient (Wildman–Crippen LogP) is 4.19. The van der Waals surface area contributed by atoms with Crippen LogP contribution >= 0.6 is 0 Å². The Morgan fingerprint density at radius 2 is 1.73 bits per heavy atom. The Morgan fingerprint density at radius 1 is 0.909 bits per heavy atom. The highest BCUT2D eigenvalue weighted by atomic mass is 15.5. The van der Waals surface area contributed by atoms with Crippen LogP contribution in [0, 0.1) is 0 Å². The smallest absolute Gasteiger partial charge is 0.205 e. The van der Waals surface area contributed by atoms with E-state index >= 15 is 0 Å². The number of nitrogens with zero attached hydrogens (tertiary/aromatic N) is 6. The molecular weight excluding hydrogens is 412 g/mol. The van der Waals surface area contributed by atoms with E-state index in [0.29, 0.717) is 18.9 Å². The van der Waals surface area contributed by atoms with E-state index in [9.17, 15) is 0 Å². The van der Waals surface area contributed by atoms with Crippen LogP contribution in [0.3, 0.4) is 0 Å². The van der Waals surface area contributed by atoms with E-state index in [-0.39, 0.29) is 0 Å². The van der Waals surface area contributed by atoms with Crippen LogP contribution in [0.5, 0.6) is 0 Å². The minimum atomic E-state index is 0.593. The molecule has 172 valence electrons. The Kier molecular flexibility index (Phi) is 7.92. The summed E-state index contributed by atoms with van der Waals surface area (Å²) in [5, 5.41) is 19.3. The van der Waals surface area contributed by atoms with E-state index in [1.165, 1.54) is 24.8 Å². The Labute approximate surface area is 194 Å². The summed E-state index contributed by atoms with van der Waals surface area (Å²) in [5.74, 6) is 2.57. The third-order valence-electron chi connectivity index (χ3n) is 5.76. The molecule has 2 heterocycles. The van der Waals surface area contributed by atoms with Crippen LogP contribution in [0.25, 0.3) is 22.5 Å². The molecule has 2 aromatic carbocycles. The highest BCUT2D eigenvalue weighted by Gasteiger charge is 2.12. The standard InChI is InChI=1S/C25H32N8/c1-2-3-4-5-12-24-27-23(11-8-17-26)30-33(24)18-19-13-15-20(16-14-19)21-9-6-7-10-22(21)25-28-31-32-29-25/h6-7,9-10,13-16H,2-5,8,11-12,17-18,26H2,1H3,(H,28,29,31,32). The first-order chi connectivity index (χ1) is 16.3. The largest absolute Gasteiger partial charge is 0.330 e. The molecule has 0 amide bonds. The number of aromatic nitrogens is 7. The Bertz CT molecular complexity index is 1120. The SMILES string of the molecule is CCCCCCc1nc(CCCN)nn1Cc1ccc(-c2ccccc2-c2nn[nH]n2)cc1. The first-order valence-corrected chi connectivity index (χ1v) is 11.8. The van der Waals surface area contributed by atoms with Crippen molar-refractivity contribution in [3.05, 3.63) is 65.7 Å². The molecule has 0 fully saturated rings. The number of tetrazole rings is 1. The lowest BCUT2D eigenvalue weighted by atomic mass is 9.98. The van der Waals surface area contributed by atoms with E-state index in [1.54, 1.807) is 0 Å². The third kappa shape index (κ3) is 5.90. The number of rotatable bonds is 12. The predicted molar refractivity (Wildman–Crippen MR) is 129 cm³/mol. The van der Waals surface area contributed by atoms with Crippen LogP contribution in [0.1, 0.15) is 56.2 Å². The minimum Gasteiger partial charge on any atom is -0.330 e. The van der Waals surface area contributed by atoms with Crippen molar-refractivity contribution in [2.24, 2.45) is 5.73 Å². The van der Waals surface area contributed by atoms with Crippen molar-refractivity contribution in [1.29, 1.82) is 0 Å². The van der Waals surface area contributed by atoms with Crippen molar-refractivity contribution in [2.75, 3.05) is 6.54 Å². The maximum atomic E-state index is 5.69. The van der Waals surface area contributed by atoms with Gasteiger partial charge in [-0.2, -0.15) is 10.3 Å². The quantitative estimate of drug-likeness (QED) is 0.317. The normalized spacial score (nSPS) is 11.2. The van der Waals surface area contributed by atoms with Crippen LogP contribution in [-0.2, 0) is 19.4 Å². The van der Waals surface area contributed by atoms with Gasteiger partial charge in [-0.3, -0.25) is 0 Å². The first kappa shape index (κ1) is 22.8. The summed E-state index contributed by atoms with van der Waals surface area (Å²) in [7, 11) is 0. The fourth-order valence-electron chi connectivity index (χ4n) is 3.98. The molecular formula is C25H32N8. The van der Waals surface area contributed by atoms with Gasteiger partial charge in [0, 0.05) is 18.4 Å². The summed E-state index contributed by atoms with van der Waals surface area (Å²) in [4.78, 5) is 4.82. The first-order valence-electron chi connectivity index (χ1n) is 11.8. The highest BCUT2D eigenvalue weighted by Crippen LogP contribution is 2.29. The summed E-state index contributed by atoms with van der Waals surface area (Å²) in [5.41, 5.74) is 10.0. The average molecular weight is 445 g/mol. The van der Waals surface area contributed by atoms with E-state index < -0.39 is 0 Å². The molecule has 0 saturated carbocycles. The number of H-pyrrole nitrogens is 1. The van der Waals surface area contributed by atoms with Crippen LogP contribution in [0.15, 0.2) is 48.5 Å². The van der Waals surface area contributed by atoms with Crippen LogP contribution in [0.4, 0.5) is 0 Å². The zero-order valence-corrected chi connectivity index (χ0v) is 19.2. The number of aryl methyl sites for hydroxylation is 2. The summed E-state index contributed by atoms with van der Waals surface area (Å²) >= 11 is 0. The van der Waals surface area contributed by atoms with Crippen molar-refractivity contribution >= 4 is 0 Å². The summed E-state index contributed by atoms with van der Waals surface area (Å²) in [6.07, 6.45) is 7.58. The van der Waals surface area contributed by atoms with E-state index in [2.05, 4.69) is 62.6 Å². The molecule has 0 saturated heterocycles. The lowest BCUT2D eigenvalue weighted by Crippen LogP contribution is -2.07. The molecule has 0 unspecified atom stereocenters. The molecule has 0 aliphatic heterocycles. The fourth-order valence-corrected chi connectivity index (χ4v) is 3.98. The van der Waals surface area contributed by atoms with E-state index in [1.807, 2.05) is 18.2 Å². The molecule has 4 rings (SSSR count). The Balaban J connectivity index is 1.52. The van der Waals surface area contributed by atoms with Gasteiger partial charge in [-0.25, -0.2) is 9.67 Å². The van der Waals surface area contributed by atoms with Crippen molar-refractivity contribution in [3.8, 4) is 22.5 Å². The lowest BCUT2D eigenvalue weighted by Gasteiger charge is -2.09. The van der Waals surface area contributed by atoms with Crippen molar-refractivity contribution in [1.82, 2.24) is 35.4 Å². The van der Waals surface area contributed by atoms with Gasteiger partial charge in [0.25, 0.3) is 0 Å². The molecule has 3 N–H and O–H groups in total. The monoisotopic (exact) mass is 444 g/mol. The topological polar surface area (TPSA) is 111 Å². The molecule has 2 aromatic heterocycles. The number of hydrogen-bond acceptors (Lipinski definition) is 6. The van der Waals surface area contributed by atoms with Gasteiger partial charge in [-0.15, -0.1) is 10.2 Å². The Hall–Kier alpha value is -3.39. The van der Waals surface area contributed by atoms with Gasteiger partial charge < -0.3 is 5.73 Å². The second-order valence-corrected chi connectivity index (χ2v) is 8.28. The summed E-state index contributed by atoms with van der Waals surface area (Å²) in [6.45, 7) is 3.61. The molecule has 0 aliphatic carbocycles. The van der Waals surface area contributed by atoms with Crippen molar-refractivity contribution < 1.29 is 0 Å². The number of nitrogens with one attached hydrogen (secondary N) is 1. The van der Waals surface area contributed by atoms with Gasteiger partial charge in [-0.05, 0) is 41.3 Å². The van der Waals surface area contributed by atoms with Crippen LogP contribution < -0.4 is 5.73 Å². The summed E-state index contributed by atoms with van der Waals surface area (Å²) in [6, 6.07) is 16.7. The maximum absolute atomic E-state index is 5.69. The molecule has 4 aromatic rings. The highest BCUT2D eigenvalue weighted by molar-refractivity contribution is 5.80. The second-order valence-electron chi connectivity index (χ2n) is 8.28. The molecule has 0 aliphatic rings. The van der Waals surface area contributed by atoms with Gasteiger partial charge >= 0.3 is 0 Å². The lowest BCUT2D eigenvalue weighted by molar-refractivity contribution is 0.593. The van der Waals surface area contributed by atoms with Gasteiger partial charge in [0.1, 0.15) is 5.82 Å². The van der Waals surface area contributed by atoms with Crippen LogP contribution in [0.2, 0.25) is 0 Å². The van der Waals surface area contributed by atoms with Crippen LogP contribution in [-0.4, -0.2) is 41.9 Å². The fraction of sp³-hybridized carbons (Fsp3) is 0.400. The minimum absolute atomic E-state index is 0.593. The molecule has 0 bridgehead atoms. The number of nitrogens with two attached hydrogens (primary N) is 1. The average Bonchev–Trinajstić information content (AvgIpc) is 3.52. The van der Waals surface area contributed by atoms with E-state index in [4.69, 9.17) is 15.8 Å². The zero-order chi connectivity index (χ0) is 22.9. The molecule has 8 nitrogen and oxygen atoms in total. The molecule has 0 radical (unpaired) electrons. The molecule has 0 spiro atoms. The van der Waals surface area contributed by atoms with E-state index in [0.717, 1.165) is 54.0 Å². The number of aromatic amines is 1. The zero-order valence-electron chi connectivity index (χ0n) is 19.2.